The molecule has 1 aliphatic carbocycles. The number of halogens is 1. The van der Waals surface area contributed by atoms with Crippen molar-refractivity contribution >= 4 is 26.8 Å². The monoisotopic (exact) mass is 373 g/mol. The minimum atomic E-state index is -0.147. The van der Waals surface area contributed by atoms with E-state index in [9.17, 15) is 0 Å². The van der Waals surface area contributed by atoms with Crippen LogP contribution in [0.15, 0.2) is 77.3 Å². The van der Waals surface area contributed by atoms with Crippen molar-refractivity contribution in [3.63, 3.8) is 0 Å². The maximum atomic E-state index is 3.66. The summed E-state index contributed by atoms with van der Waals surface area (Å²) in [4.78, 5) is 3.66. The fourth-order valence-electron chi connectivity index (χ4n) is 4.22. The summed E-state index contributed by atoms with van der Waals surface area (Å²) in [7, 11) is 0. The molecule has 0 saturated carbocycles. The molecule has 0 fully saturated rings. The Morgan fingerprint density at radius 3 is 2.38 bits per heavy atom. The summed E-state index contributed by atoms with van der Waals surface area (Å²) in [5.74, 6) is 0. The van der Waals surface area contributed by atoms with Crippen LogP contribution in [-0.2, 0) is 5.41 Å². The Morgan fingerprint density at radius 2 is 1.54 bits per heavy atom. The van der Waals surface area contributed by atoms with Crippen LogP contribution in [-0.4, -0.2) is 4.98 Å². The number of para-hydroxylation sites is 1. The molecule has 0 bridgehead atoms. The first-order chi connectivity index (χ1) is 11.7. The summed E-state index contributed by atoms with van der Waals surface area (Å²) >= 11 is 3.56. The zero-order valence-electron chi connectivity index (χ0n) is 13.3. The second kappa shape index (κ2) is 4.84. The Kier molecular flexibility index (Phi) is 2.84. The molecule has 24 heavy (non-hydrogen) atoms. The topological polar surface area (TPSA) is 15.8 Å². The van der Waals surface area contributed by atoms with E-state index in [0.29, 0.717) is 0 Å². The normalized spacial score (nSPS) is 18.6. The van der Waals surface area contributed by atoms with Crippen molar-refractivity contribution < 1.29 is 0 Å². The summed E-state index contributed by atoms with van der Waals surface area (Å²) in [6, 6.07) is 26.1. The first-order valence-electron chi connectivity index (χ1n) is 8.17. The number of benzene rings is 3. The van der Waals surface area contributed by atoms with Crippen LogP contribution >= 0.6 is 15.9 Å². The largest absolute Gasteiger partial charge is 0.354 e. The second-order valence-electron chi connectivity index (χ2n) is 6.60. The molecule has 0 amide bonds. The van der Waals surface area contributed by atoms with Crippen molar-refractivity contribution in [1.29, 1.82) is 0 Å². The number of aromatic amines is 1. The van der Waals surface area contributed by atoms with Crippen LogP contribution in [0.25, 0.3) is 22.2 Å². The molecule has 5 rings (SSSR count). The first-order valence-corrected chi connectivity index (χ1v) is 8.96. The molecular weight excluding hydrogens is 358 g/mol. The summed E-state index contributed by atoms with van der Waals surface area (Å²) in [6.07, 6.45) is 0. The van der Waals surface area contributed by atoms with Gasteiger partial charge in [0.05, 0.1) is 5.69 Å². The Morgan fingerprint density at radius 1 is 0.833 bits per heavy atom. The van der Waals surface area contributed by atoms with Crippen molar-refractivity contribution in [3.05, 3.63) is 94.0 Å². The number of hydrogen-bond acceptors (Lipinski definition) is 0. The van der Waals surface area contributed by atoms with E-state index in [0.717, 1.165) is 4.47 Å². The van der Waals surface area contributed by atoms with Gasteiger partial charge in [0.25, 0.3) is 0 Å². The van der Waals surface area contributed by atoms with Crippen molar-refractivity contribution in [3.8, 4) is 11.3 Å². The summed E-state index contributed by atoms with van der Waals surface area (Å²) in [6.45, 7) is 2.35. The van der Waals surface area contributed by atoms with Gasteiger partial charge in [-0.1, -0.05) is 70.5 Å². The lowest BCUT2D eigenvalue weighted by atomic mass is 9.74. The van der Waals surface area contributed by atoms with Gasteiger partial charge in [-0.3, -0.25) is 0 Å². The Bertz CT molecular complexity index is 1070. The second-order valence-corrected chi connectivity index (χ2v) is 7.51. The third-order valence-corrected chi connectivity index (χ3v) is 5.89. The van der Waals surface area contributed by atoms with Gasteiger partial charge >= 0.3 is 0 Å². The van der Waals surface area contributed by atoms with Gasteiger partial charge in [-0.2, -0.15) is 0 Å². The van der Waals surface area contributed by atoms with Gasteiger partial charge in [-0.05, 0) is 36.2 Å². The summed E-state index contributed by atoms with van der Waals surface area (Å²) in [5, 5.41) is 1.31. The van der Waals surface area contributed by atoms with Crippen molar-refractivity contribution in [2.75, 3.05) is 0 Å². The number of nitrogens with one attached hydrogen (secondary N) is 1. The van der Waals surface area contributed by atoms with Crippen LogP contribution in [0.3, 0.4) is 0 Å². The maximum absolute atomic E-state index is 3.66. The van der Waals surface area contributed by atoms with Gasteiger partial charge in [0.1, 0.15) is 0 Å². The SMILES string of the molecule is CC1(c2ccc(Br)cc2)c2ccccc2-c2[nH]c3ccccc3c21. The number of H-pyrrole nitrogens is 1. The van der Waals surface area contributed by atoms with Crippen molar-refractivity contribution in [1.82, 2.24) is 4.98 Å². The summed E-state index contributed by atoms with van der Waals surface area (Å²) in [5.41, 5.74) is 7.72. The van der Waals surface area contributed by atoms with E-state index in [1.54, 1.807) is 0 Å². The predicted octanol–water partition coefficient (Wildman–Crippen LogP) is 6.27. The average Bonchev–Trinajstić information content (AvgIpc) is 3.11. The van der Waals surface area contributed by atoms with Crippen LogP contribution in [0.2, 0.25) is 0 Å². The molecule has 2 heteroatoms. The van der Waals surface area contributed by atoms with Gasteiger partial charge < -0.3 is 4.98 Å². The average molecular weight is 374 g/mol. The molecule has 1 nitrogen and oxygen atoms in total. The fraction of sp³-hybridized carbons (Fsp3) is 0.0909. The molecule has 116 valence electrons. The highest BCUT2D eigenvalue weighted by Crippen LogP contribution is 2.54. The summed E-state index contributed by atoms with van der Waals surface area (Å²) < 4.78 is 1.11. The molecule has 0 spiro atoms. The van der Waals surface area contributed by atoms with Crippen LogP contribution in [0.1, 0.15) is 23.6 Å². The highest BCUT2D eigenvalue weighted by atomic mass is 79.9. The maximum Gasteiger partial charge on any atom is 0.0513 e. The lowest BCUT2D eigenvalue weighted by Crippen LogP contribution is -2.22. The number of hydrogen-bond donors (Lipinski definition) is 1. The standard InChI is InChI=1S/C22H16BrN/c1-22(14-10-12-15(23)13-11-14)18-8-4-2-6-16(18)21-20(22)17-7-3-5-9-19(17)24-21/h2-13,24H,1H3. The third kappa shape index (κ3) is 1.69. The van der Waals surface area contributed by atoms with Crippen molar-refractivity contribution in [2.24, 2.45) is 0 Å². The van der Waals surface area contributed by atoms with E-state index < -0.39 is 0 Å². The first kappa shape index (κ1) is 14.1. The minimum absolute atomic E-state index is 0.147. The Balaban J connectivity index is 1.92. The van der Waals surface area contributed by atoms with E-state index in [4.69, 9.17) is 0 Å². The van der Waals surface area contributed by atoms with Gasteiger partial charge in [0.15, 0.2) is 0 Å². The quantitative estimate of drug-likeness (QED) is 0.404. The molecule has 3 aromatic carbocycles. The van der Waals surface area contributed by atoms with Crippen LogP contribution in [0, 0.1) is 0 Å². The number of rotatable bonds is 1. The number of aromatic nitrogens is 1. The highest BCUT2D eigenvalue weighted by molar-refractivity contribution is 9.10. The fourth-order valence-corrected chi connectivity index (χ4v) is 4.48. The van der Waals surface area contributed by atoms with Gasteiger partial charge in [-0.25, -0.2) is 0 Å². The lowest BCUT2D eigenvalue weighted by molar-refractivity contribution is 0.720. The Hall–Kier alpha value is -2.32. The molecule has 1 atom stereocenters. The van der Waals surface area contributed by atoms with E-state index >= 15 is 0 Å². The van der Waals surface area contributed by atoms with Gasteiger partial charge in [0, 0.05) is 31.9 Å². The van der Waals surface area contributed by atoms with E-state index in [1.165, 1.54) is 38.9 Å². The van der Waals surface area contributed by atoms with Crippen LogP contribution < -0.4 is 0 Å². The highest BCUT2D eigenvalue weighted by Gasteiger charge is 2.43. The minimum Gasteiger partial charge on any atom is -0.354 e. The molecule has 4 aromatic rings. The molecule has 1 aromatic heterocycles. The lowest BCUT2D eigenvalue weighted by Gasteiger charge is -2.28. The molecule has 1 heterocycles. The van der Waals surface area contributed by atoms with Gasteiger partial charge in [0.2, 0.25) is 0 Å². The van der Waals surface area contributed by atoms with Crippen LogP contribution in [0.4, 0.5) is 0 Å². The molecule has 1 unspecified atom stereocenters. The van der Waals surface area contributed by atoms with E-state index in [2.05, 4.69) is 101 Å². The van der Waals surface area contributed by atoms with E-state index in [1.807, 2.05) is 0 Å². The van der Waals surface area contributed by atoms with Crippen LogP contribution in [0.5, 0.6) is 0 Å². The number of fused-ring (bicyclic) bond motifs is 5. The predicted molar refractivity (Wildman–Crippen MR) is 103 cm³/mol. The molecule has 0 aliphatic heterocycles. The zero-order valence-corrected chi connectivity index (χ0v) is 14.9. The Labute approximate surface area is 149 Å². The molecule has 0 radical (unpaired) electrons. The van der Waals surface area contributed by atoms with E-state index in [-0.39, 0.29) is 5.41 Å². The molecule has 0 saturated heterocycles. The van der Waals surface area contributed by atoms with Crippen molar-refractivity contribution in [2.45, 2.75) is 12.3 Å². The van der Waals surface area contributed by atoms with Gasteiger partial charge in [-0.15, -0.1) is 0 Å². The smallest absolute Gasteiger partial charge is 0.0513 e. The zero-order chi connectivity index (χ0) is 16.3. The molecular formula is C22H16BrN. The molecule has 1 aliphatic rings. The third-order valence-electron chi connectivity index (χ3n) is 5.36. The molecule has 1 N–H and O–H groups in total.